The van der Waals surface area contributed by atoms with Crippen molar-refractivity contribution in [3.05, 3.63) is 119 Å². The van der Waals surface area contributed by atoms with Crippen LogP contribution < -0.4 is 15.4 Å². The molecule has 1 saturated heterocycles. The number of phenols is 2. The SMILES string of the molecule is Cc1ncsc1-c1ccc([C@H](C)NC(=O)[C@@H]2C[C@H](O)CN2C(=O)[C@@H](NC(=O)CCCCCCCN(CCOc2ccc(C(=O)c3c(-c4ccc(O)cc4)sc4cc(O)ccc34)cc2)C2CCC2)C(C)(C)C)cc1. The number of carbonyl (C=O) groups is 4. The molecule has 1 aliphatic heterocycles. The summed E-state index contributed by atoms with van der Waals surface area (Å²) in [6.07, 6.45) is 7.83. The van der Waals surface area contributed by atoms with Crippen molar-refractivity contribution in [3.63, 3.8) is 0 Å². The zero-order valence-corrected chi connectivity index (χ0v) is 44.2. The fourth-order valence-electron chi connectivity index (χ4n) is 9.86. The molecule has 2 aliphatic rings. The molecule has 5 N–H and O–H groups in total. The highest BCUT2D eigenvalue weighted by atomic mass is 32.1. The number of thiazole rings is 1. The van der Waals surface area contributed by atoms with Crippen LogP contribution in [0, 0.1) is 12.3 Å². The molecule has 0 spiro atoms. The number of fused-ring (bicyclic) bond motifs is 1. The quantitative estimate of drug-likeness (QED) is 0.0324. The van der Waals surface area contributed by atoms with Crippen LogP contribution in [-0.2, 0) is 14.4 Å². The number of rotatable bonds is 22. The second-order valence-electron chi connectivity index (χ2n) is 20.8. The van der Waals surface area contributed by atoms with E-state index in [1.807, 2.05) is 76.5 Å². The number of ketones is 1. The highest BCUT2D eigenvalue weighted by Crippen LogP contribution is 2.42. The van der Waals surface area contributed by atoms with Gasteiger partial charge in [-0.15, -0.1) is 22.7 Å². The van der Waals surface area contributed by atoms with Crippen LogP contribution in [-0.4, -0.2) is 104 Å². The van der Waals surface area contributed by atoms with E-state index in [0.29, 0.717) is 42.4 Å². The van der Waals surface area contributed by atoms with Crippen molar-refractivity contribution >= 4 is 56.3 Å². The van der Waals surface area contributed by atoms with E-state index >= 15 is 0 Å². The van der Waals surface area contributed by atoms with Gasteiger partial charge >= 0.3 is 0 Å². The molecule has 73 heavy (non-hydrogen) atoms. The summed E-state index contributed by atoms with van der Waals surface area (Å²) in [5.74, 6) is -0.0600. The Balaban J connectivity index is 0.761. The van der Waals surface area contributed by atoms with Crippen LogP contribution in [0.5, 0.6) is 17.2 Å². The summed E-state index contributed by atoms with van der Waals surface area (Å²) in [5, 5.41) is 37.6. The van der Waals surface area contributed by atoms with Crippen LogP contribution >= 0.6 is 22.7 Å². The second-order valence-corrected chi connectivity index (χ2v) is 22.7. The molecule has 8 rings (SSSR count). The lowest BCUT2D eigenvalue weighted by Crippen LogP contribution is -2.57. The van der Waals surface area contributed by atoms with Gasteiger partial charge in [0, 0.05) is 58.1 Å². The molecule has 2 fully saturated rings. The molecule has 0 radical (unpaired) electrons. The number of unbranched alkanes of at least 4 members (excludes halogenated alkanes) is 4. The van der Waals surface area contributed by atoms with E-state index in [9.17, 15) is 34.5 Å². The Morgan fingerprint density at radius 3 is 2.18 bits per heavy atom. The van der Waals surface area contributed by atoms with E-state index in [0.717, 1.165) is 81.0 Å². The third kappa shape index (κ3) is 13.2. The van der Waals surface area contributed by atoms with Gasteiger partial charge in [0.15, 0.2) is 5.78 Å². The van der Waals surface area contributed by atoms with Crippen LogP contribution in [0.3, 0.4) is 0 Å². The van der Waals surface area contributed by atoms with Gasteiger partial charge in [-0.2, -0.15) is 0 Å². The lowest BCUT2D eigenvalue weighted by Gasteiger charge is -2.37. The zero-order valence-electron chi connectivity index (χ0n) is 42.6. The number of likely N-dealkylation sites (tertiary alicyclic amines) is 1. The summed E-state index contributed by atoms with van der Waals surface area (Å²) in [7, 11) is 0. The van der Waals surface area contributed by atoms with Gasteiger partial charge in [0.1, 0.15) is 35.9 Å². The standard InChI is InChI=1S/C58H69N5O8S2/c1-36(38-15-17-40(18-16-38)53-37(2)59-35-72-53)60-56(69)48-32-45(66)34-63(48)57(70)55(58(3,4)5)61-50(67)14-9-7-6-8-10-29-62(42-12-11-13-42)30-31-71-46-26-21-39(22-27-46)52(68)51-47-28-25-44(65)33-49(47)73-54(51)41-19-23-43(64)24-20-41/h15-28,33,35-36,42,45,48,55,64-66H,6-14,29-32,34H2,1-5H3,(H,60,69)(H,61,67)/t36-,45-,48-,55+/m0/s1. The van der Waals surface area contributed by atoms with Gasteiger partial charge in [0.2, 0.25) is 17.7 Å². The largest absolute Gasteiger partial charge is 0.508 e. The molecule has 386 valence electrons. The summed E-state index contributed by atoms with van der Waals surface area (Å²) in [5.41, 5.74) is 6.04. The summed E-state index contributed by atoms with van der Waals surface area (Å²) < 4.78 is 7.01. The molecule has 1 aliphatic carbocycles. The monoisotopic (exact) mass is 1030 g/mol. The van der Waals surface area contributed by atoms with Crippen LogP contribution in [0.1, 0.15) is 125 Å². The first-order valence-electron chi connectivity index (χ1n) is 25.7. The fourth-order valence-corrected chi connectivity index (χ4v) is 11.9. The third-order valence-electron chi connectivity index (χ3n) is 14.3. The number of nitrogens with zero attached hydrogens (tertiary/aromatic N) is 3. The average molecular weight is 1030 g/mol. The maximum atomic E-state index is 14.2. The van der Waals surface area contributed by atoms with Gasteiger partial charge in [0.25, 0.3) is 0 Å². The van der Waals surface area contributed by atoms with Crippen molar-refractivity contribution in [2.45, 2.75) is 129 Å². The number of thiophene rings is 1. The predicted octanol–water partition coefficient (Wildman–Crippen LogP) is 10.6. The summed E-state index contributed by atoms with van der Waals surface area (Å²) in [6.45, 7) is 11.9. The van der Waals surface area contributed by atoms with Crippen molar-refractivity contribution in [2.24, 2.45) is 5.41 Å². The van der Waals surface area contributed by atoms with Crippen LogP contribution in [0.2, 0.25) is 0 Å². The fraction of sp³-hybridized carbons (Fsp3) is 0.431. The first-order chi connectivity index (χ1) is 35.0. The number of ether oxygens (including phenoxy) is 1. The Hall–Kier alpha value is -6.13. The molecule has 3 amide bonds. The highest BCUT2D eigenvalue weighted by molar-refractivity contribution is 7.22. The molecule has 0 bridgehead atoms. The zero-order chi connectivity index (χ0) is 51.8. The summed E-state index contributed by atoms with van der Waals surface area (Å²) in [4.78, 5) is 65.5. The van der Waals surface area contributed by atoms with E-state index in [1.54, 1.807) is 65.9 Å². The number of aliphatic hydroxyl groups excluding tert-OH is 1. The lowest BCUT2D eigenvalue weighted by molar-refractivity contribution is -0.144. The molecule has 1 saturated carbocycles. The third-order valence-corrected chi connectivity index (χ3v) is 16.5. The Bertz CT molecular complexity index is 2850. The molecular weight excluding hydrogens is 959 g/mol. The number of aliphatic hydroxyl groups is 1. The van der Waals surface area contributed by atoms with Crippen molar-refractivity contribution < 1.29 is 39.2 Å². The molecule has 13 nitrogen and oxygen atoms in total. The number of amides is 3. The number of β-amino-alcohol motifs (C(OH)–C–C–N with tert-alkyl or cyclic N) is 1. The molecule has 15 heteroatoms. The number of aromatic hydroxyl groups is 2. The minimum Gasteiger partial charge on any atom is -0.508 e. The van der Waals surface area contributed by atoms with E-state index < -0.39 is 23.6 Å². The van der Waals surface area contributed by atoms with Crippen LogP contribution in [0.15, 0.2) is 96.5 Å². The maximum Gasteiger partial charge on any atom is 0.246 e. The van der Waals surface area contributed by atoms with Gasteiger partial charge in [-0.25, -0.2) is 4.98 Å². The lowest BCUT2D eigenvalue weighted by atomic mass is 9.85. The number of phenolic OH excluding ortho intramolecular Hbond substituents is 2. The second kappa shape index (κ2) is 23.8. The van der Waals surface area contributed by atoms with Crippen molar-refractivity contribution in [3.8, 4) is 38.1 Å². The van der Waals surface area contributed by atoms with Gasteiger partial charge in [-0.1, -0.05) is 70.7 Å². The maximum absolute atomic E-state index is 14.2. The Kier molecular flexibility index (Phi) is 17.4. The predicted molar refractivity (Wildman–Crippen MR) is 289 cm³/mol. The average Bonchev–Trinajstić information content (AvgIpc) is 4.08. The van der Waals surface area contributed by atoms with Crippen molar-refractivity contribution in [1.29, 1.82) is 0 Å². The molecule has 4 aromatic carbocycles. The van der Waals surface area contributed by atoms with Gasteiger partial charge in [-0.05, 0) is 135 Å². The highest BCUT2D eigenvalue weighted by Gasteiger charge is 2.44. The van der Waals surface area contributed by atoms with Gasteiger partial charge in [0.05, 0.1) is 28.2 Å². The molecule has 3 heterocycles. The minimum atomic E-state index is -0.868. The Morgan fingerprint density at radius 1 is 0.836 bits per heavy atom. The van der Waals surface area contributed by atoms with Crippen LogP contribution in [0.4, 0.5) is 0 Å². The van der Waals surface area contributed by atoms with Crippen LogP contribution in [0.25, 0.3) is 31.0 Å². The number of carbonyl (C=O) groups excluding carboxylic acids is 4. The van der Waals surface area contributed by atoms with E-state index in [1.165, 1.54) is 35.5 Å². The van der Waals surface area contributed by atoms with E-state index in [-0.39, 0.29) is 54.0 Å². The summed E-state index contributed by atoms with van der Waals surface area (Å²) in [6, 6.07) is 25.6. The first kappa shape index (κ1) is 53.2. The Morgan fingerprint density at radius 2 is 1.51 bits per heavy atom. The molecule has 4 atom stereocenters. The van der Waals surface area contributed by atoms with Crippen molar-refractivity contribution in [2.75, 3.05) is 26.2 Å². The number of nitrogens with one attached hydrogen (secondary N) is 2. The van der Waals surface area contributed by atoms with E-state index in [4.69, 9.17) is 4.74 Å². The summed E-state index contributed by atoms with van der Waals surface area (Å²) >= 11 is 3.02. The smallest absolute Gasteiger partial charge is 0.246 e. The van der Waals surface area contributed by atoms with E-state index in [2.05, 4.69) is 20.5 Å². The number of hydrogen-bond acceptors (Lipinski definition) is 12. The molecule has 2 aromatic heterocycles. The molecule has 6 aromatic rings. The van der Waals surface area contributed by atoms with Gasteiger partial charge in [-0.3, -0.25) is 24.1 Å². The molecule has 0 unspecified atom stereocenters. The van der Waals surface area contributed by atoms with Gasteiger partial charge < -0.3 is 35.6 Å². The first-order valence-corrected chi connectivity index (χ1v) is 27.4. The molecular formula is C58H69N5O8S2. The normalized spacial score (nSPS) is 16.8. The number of aryl methyl sites for hydroxylation is 1. The minimum absolute atomic E-state index is 0.0219. The number of aromatic nitrogens is 1. The Labute approximate surface area is 436 Å². The topological polar surface area (TPSA) is 182 Å². The number of hydrogen-bond donors (Lipinski definition) is 5. The van der Waals surface area contributed by atoms with Crippen molar-refractivity contribution in [1.82, 2.24) is 25.4 Å². The number of benzene rings is 4.